The number of benzene rings is 1. The fourth-order valence-corrected chi connectivity index (χ4v) is 5.56. The van der Waals surface area contributed by atoms with Crippen molar-refractivity contribution < 1.29 is 23.6 Å². The van der Waals surface area contributed by atoms with Gasteiger partial charge in [0.05, 0.1) is 38.4 Å². The highest BCUT2D eigenvalue weighted by atomic mass is 35.5. The van der Waals surface area contributed by atoms with Gasteiger partial charge in [0, 0.05) is 24.7 Å². The third-order valence-corrected chi connectivity index (χ3v) is 8.49. The summed E-state index contributed by atoms with van der Waals surface area (Å²) in [5.74, 6) is -0.785. The number of carbonyl (C=O) groups is 1. The van der Waals surface area contributed by atoms with E-state index in [4.69, 9.17) is 32.7 Å². The fourth-order valence-electron chi connectivity index (χ4n) is 4.35. The molecule has 1 amide bonds. The zero-order chi connectivity index (χ0) is 24.7. The third kappa shape index (κ3) is 6.21. The Labute approximate surface area is 208 Å². The molecule has 2 heterocycles. The van der Waals surface area contributed by atoms with E-state index >= 15 is 0 Å². The lowest BCUT2D eigenvalue weighted by Crippen LogP contribution is -2.50. The van der Waals surface area contributed by atoms with Crippen LogP contribution in [0.4, 0.5) is 0 Å². The average Bonchev–Trinajstić information content (AvgIpc) is 3.07. The van der Waals surface area contributed by atoms with Crippen LogP contribution in [0.15, 0.2) is 12.1 Å². The molecule has 186 valence electrons. The number of amides is 1. The summed E-state index contributed by atoms with van der Waals surface area (Å²) in [4.78, 5) is 14.8. The molecule has 7 nitrogen and oxygen atoms in total. The second-order valence-corrected chi connectivity index (χ2v) is 13.1. The van der Waals surface area contributed by atoms with E-state index in [0.717, 1.165) is 0 Å². The Morgan fingerprint density at radius 3 is 2.48 bits per heavy atom. The maximum absolute atomic E-state index is 13.0. The molecule has 1 aromatic carbocycles. The van der Waals surface area contributed by atoms with Gasteiger partial charge in [0.15, 0.2) is 11.9 Å². The molecular weight excluding hydrogens is 487 g/mol. The first kappa shape index (κ1) is 26.7. The molecule has 3 rings (SSSR count). The highest BCUT2D eigenvalue weighted by molar-refractivity contribution is 7.84. The van der Waals surface area contributed by atoms with Crippen molar-refractivity contribution in [2.75, 3.05) is 19.7 Å². The Balaban J connectivity index is 1.82. The first-order chi connectivity index (χ1) is 15.2. The van der Waals surface area contributed by atoms with Crippen LogP contribution in [0.1, 0.15) is 59.6 Å². The molecule has 5 atom stereocenters. The minimum atomic E-state index is -1.39. The normalized spacial score (nSPS) is 27.4. The summed E-state index contributed by atoms with van der Waals surface area (Å²) in [6.45, 7) is 12.6. The van der Waals surface area contributed by atoms with Gasteiger partial charge in [-0.2, -0.15) is 0 Å². The average molecular weight is 522 g/mol. The van der Waals surface area contributed by atoms with E-state index in [2.05, 4.69) is 11.6 Å². The number of piperidine rings is 1. The van der Waals surface area contributed by atoms with Gasteiger partial charge < -0.3 is 19.5 Å². The largest absolute Gasteiger partial charge is 0.508 e. The van der Waals surface area contributed by atoms with Gasteiger partial charge >= 0.3 is 0 Å². The van der Waals surface area contributed by atoms with Crippen LogP contribution in [0.3, 0.4) is 0 Å². The Hall–Kier alpha value is -0.900. The van der Waals surface area contributed by atoms with E-state index in [9.17, 15) is 14.1 Å². The molecule has 0 spiro atoms. The van der Waals surface area contributed by atoms with Gasteiger partial charge in [-0.15, -0.1) is 0 Å². The summed E-state index contributed by atoms with van der Waals surface area (Å²) >= 11 is 12.3. The Morgan fingerprint density at radius 1 is 1.30 bits per heavy atom. The highest BCUT2D eigenvalue weighted by Gasteiger charge is 2.42. The maximum atomic E-state index is 13.0. The van der Waals surface area contributed by atoms with E-state index in [-0.39, 0.29) is 35.1 Å². The van der Waals surface area contributed by atoms with Crippen LogP contribution in [0.25, 0.3) is 0 Å². The molecule has 0 saturated carbocycles. The minimum Gasteiger partial charge on any atom is -0.508 e. The smallest absolute Gasteiger partial charge is 0.254 e. The van der Waals surface area contributed by atoms with Crippen molar-refractivity contribution in [1.29, 1.82) is 0 Å². The van der Waals surface area contributed by atoms with Crippen molar-refractivity contribution >= 4 is 40.1 Å². The second-order valence-electron chi connectivity index (χ2n) is 10.3. The molecule has 0 unspecified atom stereocenters. The van der Waals surface area contributed by atoms with Gasteiger partial charge in [0.1, 0.15) is 5.75 Å². The lowest BCUT2D eigenvalue weighted by Gasteiger charge is -2.42. The van der Waals surface area contributed by atoms with Crippen LogP contribution in [0.2, 0.25) is 10.0 Å². The summed E-state index contributed by atoms with van der Waals surface area (Å²) in [7, 11) is -1.39. The monoisotopic (exact) mass is 520 g/mol. The van der Waals surface area contributed by atoms with Gasteiger partial charge in [-0.1, -0.05) is 30.1 Å². The zero-order valence-electron chi connectivity index (χ0n) is 20.0. The number of nitrogens with one attached hydrogen (secondary N) is 1. The van der Waals surface area contributed by atoms with E-state index < -0.39 is 33.7 Å². The van der Waals surface area contributed by atoms with Gasteiger partial charge in [0.25, 0.3) is 5.91 Å². The summed E-state index contributed by atoms with van der Waals surface area (Å²) in [6.07, 6.45) is 0.0490. The van der Waals surface area contributed by atoms with Gasteiger partial charge in [0.2, 0.25) is 0 Å². The summed E-state index contributed by atoms with van der Waals surface area (Å²) in [6, 6.07) is 2.61. The molecule has 2 saturated heterocycles. The van der Waals surface area contributed by atoms with Crippen LogP contribution >= 0.6 is 23.2 Å². The standard InChI is InChI=1S/C23H34Cl2N2O5S/c1-13-11-27(21(29)19-12-31-23(5,6)32-19)8-7-14(13)20(26-33(30)22(2,3)4)15-9-16(24)17(25)10-18(15)28/h9-10,13-14,19-20,26,28H,7-8,11-12H2,1-6H3/t13-,14+,19-,20-,33+/m1/s1. The SMILES string of the molecule is C[C@@H]1CN(C(=O)[C@H]2COC(C)(C)O2)CC[C@@H]1[C@@H](N[S@@](=O)C(C)(C)C)c1cc(Cl)c(Cl)cc1O. The molecule has 10 heteroatoms. The number of nitrogens with zero attached hydrogens (tertiary/aromatic N) is 1. The molecule has 0 radical (unpaired) electrons. The van der Waals surface area contributed by atoms with E-state index in [1.807, 2.05) is 25.7 Å². The molecule has 2 N–H and O–H groups in total. The number of rotatable bonds is 5. The molecule has 1 aromatic rings. The highest BCUT2D eigenvalue weighted by Crippen LogP contribution is 2.42. The van der Waals surface area contributed by atoms with Gasteiger partial charge in [-0.25, -0.2) is 8.93 Å². The van der Waals surface area contributed by atoms with Crippen LogP contribution in [-0.4, -0.2) is 56.5 Å². The Kier molecular flexibility index (Phi) is 8.09. The molecule has 33 heavy (non-hydrogen) atoms. The number of carbonyl (C=O) groups excluding carboxylic acids is 1. The molecule has 2 aliphatic heterocycles. The summed E-state index contributed by atoms with van der Waals surface area (Å²) < 4.78 is 27.1. The van der Waals surface area contributed by atoms with Crippen molar-refractivity contribution in [2.24, 2.45) is 11.8 Å². The number of phenolic OH excluding ortho intramolecular Hbond substituents is 1. The number of hydrogen-bond acceptors (Lipinski definition) is 5. The van der Waals surface area contributed by atoms with E-state index in [1.165, 1.54) is 6.07 Å². The van der Waals surface area contributed by atoms with Gasteiger partial charge in [-0.3, -0.25) is 4.79 Å². The molecule has 0 bridgehead atoms. The Morgan fingerprint density at radius 2 is 1.94 bits per heavy atom. The van der Waals surface area contributed by atoms with Crippen LogP contribution in [0.5, 0.6) is 5.75 Å². The Bertz CT molecular complexity index is 921. The number of phenols is 1. The number of hydrogen-bond donors (Lipinski definition) is 2. The first-order valence-electron chi connectivity index (χ1n) is 11.2. The third-order valence-electron chi connectivity index (χ3n) is 6.19. The quantitative estimate of drug-likeness (QED) is 0.599. The lowest BCUT2D eigenvalue weighted by molar-refractivity contribution is -0.162. The van der Waals surface area contributed by atoms with Crippen LogP contribution in [0, 0.1) is 11.8 Å². The first-order valence-corrected chi connectivity index (χ1v) is 13.1. The number of aromatic hydroxyl groups is 1. The van der Waals surface area contributed by atoms with Crippen molar-refractivity contribution in [3.8, 4) is 5.75 Å². The van der Waals surface area contributed by atoms with Crippen molar-refractivity contribution in [1.82, 2.24) is 9.62 Å². The maximum Gasteiger partial charge on any atom is 0.254 e. The predicted octanol–water partition coefficient (Wildman–Crippen LogP) is 4.43. The second kappa shape index (κ2) is 9.99. The van der Waals surface area contributed by atoms with Gasteiger partial charge in [-0.05, 0) is 58.9 Å². The van der Waals surface area contributed by atoms with Crippen molar-refractivity contribution in [3.05, 3.63) is 27.7 Å². The van der Waals surface area contributed by atoms with Crippen LogP contribution in [-0.2, 0) is 25.3 Å². The molecule has 2 fully saturated rings. The topological polar surface area (TPSA) is 88.1 Å². The molecule has 2 aliphatic rings. The molecule has 0 aliphatic carbocycles. The molecular formula is C23H34Cl2N2O5S. The zero-order valence-corrected chi connectivity index (χ0v) is 22.3. The van der Waals surface area contributed by atoms with Crippen molar-refractivity contribution in [2.45, 2.75) is 70.6 Å². The lowest BCUT2D eigenvalue weighted by atomic mass is 9.78. The van der Waals surface area contributed by atoms with E-state index in [0.29, 0.717) is 30.1 Å². The fraction of sp³-hybridized carbons (Fsp3) is 0.696. The van der Waals surface area contributed by atoms with Crippen molar-refractivity contribution in [3.63, 3.8) is 0 Å². The summed E-state index contributed by atoms with van der Waals surface area (Å²) in [5.41, 5.74) is 0.549. The van der Waals surface area contributed by atoms with E-state index in [1.54, 1.807) is 19.9 Å². The van der Waals surface area contributed by atoms with Crippen LogP contribution < -0.4 is 4.72 Å². The minimum absolute atomic E-state index is 0.000629. The number of ether oxygens (including phenoxy) is 2. The predicted molar refractivity (Wildman–Crippen MR) is 131 cm³/mol. The number of likely N-dealkylation sites (tertiary alicyclic amines) is 1. The summed E-state index contributed by atoms with van der Waals surface area (Å²) in [5, 5.41) is 11.2. The number of halogens is 2. The molecule has 0 aromatic heterocycles.